The van der Waals surface area contributed by atoms with Gasteiger partial charge in [-0.3, -0.25) is 4.98 Å². The lowest BCUT2D eigenvalue weighted by Crippen LogP contribution is -2.18. The van der Waals surface area contributed by atoms with Crippen molar-refractivity contribution in [2.24, 2.45) is 0 Å². The summed E-state index contributed by atoms with van der Waals surface area (Å²) in [5.74, 6) is -2.11. The average Bonchev–Trinajstić information content (AvgIpc) is 2.80. The molecule has 2 nitrogen and oxygen atoms in total. The van der Waals surface area contributed by atoms with Gasteiger partial charge in [0.05, 0.1) is 34.9 Å². The first-order chi connectivity index (χ1) is 15.7. The zero-order valence-corrected chi connectivity index (χ0v) is 18.1. The highest BCUT2D eigenvalue weighted by Gasteiger charge is 2.36. The average molecular weight is 472 g/mol. The summed E-state index contributed by atoms with van der Waals surface area (Å²) in [6.07, 6.45) is -3.21. The molecule has 0 bridgehead atoms. The number of rotatable bonds is 3. The zero-order valence-electron chi connectivity index (χ0n) is 17.2. The third kappa shape index (κ3) is 5.62. The molecule has 0 fully saturated rings. The molecule has 0 radical (unpaired) electrons. The van der Waals surface area contributed by atoms with Gasteiger partial charge in [-0.05, 0) is 30.3 Å². The molecule has 0 aliphatic carbocycles. The van der Waals surface area contributed by atoms with Crippen molar-refractivity contribution in [3.8, 4) is 11.1 Å². The van der Waals surface area contributed by atoms with Gasteiger partial charge in [-0.15, -0.1) is 12.6 Å². The van der Waals surface area contributed by atoms with Crippen molar-refractivity contribution in [3.63, 3.8) is 0 Å². The Bertz CT molecular complexity index is 1170. The summed E-state index contributed by atoms with van der Waals surface area (Å²) in [6, 6.07) is 22.7. The Balaban J connectivity index is 0.000000442. The Morgan fingerprint density at radius 3 is 1.97 bits per heavy atom. The molecule has 0 spiro atoms. The van der Waals surface area contributed by atoms with Crippen LogP contribution in [-0.2, 0) is 6.18 Å². The van der Waals surface area contributed by atoms with E-state index in [0.717, 1.165) is 24.5 Å². The fourth-order valence-electron chi connectivity index (χ4n) is 3.18. The summed E-state index contributed by atoms with van der Waals surface area (Å²) >= 11 is 4.28. The highest BCUT2D eigenvalue weighted by Crippen LogP contribution is 2.45. The predicted octanol–water partition coefficient (Wildman–Crippen LogP) is 7.39. The fourth-order valence-corrected chi connectivity index (χ4v) is 3.49. The summed E-state index contributed by atoms with van der Waals surface area (Å²) in [6.45, 7) is 0. The molecular weight excluding hydrogens is 455 g/mol. The molecular formula is C25H17F5N2S. The second kappa shape index (κ2) is 10.4. The maximum atomic E-state index is 14.3. The van der Waals surface area contributed by atoms with Crippen LogP contribution >= 0.6 is 12.6 Å². The second-order valence-corrected chi connectivity index (χ2v) is 7.21. The molecule has 8 heteroatoms. The number of benzene rings is 2. The molecule has 0 amide bonds. The van der Waals surface area contributed by atoms with Crippen LogP contribution in [0.3, 0.4) is 0 Å². The van der Waals surface area contributed by atoms with E-state index in [4.69, 9.17) is 0 Å². The molecule has 0 unspecified atom stereocenters. The molecule has 1 aromatic heterocycles. The van der Waals surface area contributed by atoms with Gasteiger partial charge in [0.1, 0.15) is 0 Å². The Kier molecular flexibility index (Phi) is 7.56. The minimum atomic E-state index is -4.73. The lowest BCUT2D eigenvalue weighted by atomic mass is 9.98. The summed E-state index contributed by atoms with van der Waals surface area (Å²) in [4.78, 5) is 5.03. The largest absolute Gasteiger partial charge is 0.418 e. The fraction of sp³-hybridized carbons (Fsp3) is 0.0800. The zero-order chi connectivity index (χ0) is 24.0. The van der Waals surface area contributed by atoms with Crippen LogP contribution in [0.2, 0.25) is 0 Å². The number of alkyl halides is 3. The van der Waals surface area contributed by atoms with Gasteiger partial charge in [0.15, 0.2) is 11.6 Å². The van der Waals surface area contributed by atoms with Gasteiger partial charge in [-0.2, -0.15) is 13.2 Å². The first kappa shape index (κ1) is 24.1. The molecule has 0 aliphatic heterocycles. The van der Waals surface area contributed by atoms with Crippen molar-refractivity contribution in [2.45, 2.75) is 11.1 Å². The van der Waals surface area contributed by atoms with Crippen molar-refractivity contribution in [1.29, 1.82) is 0 Å². The first-order valence-electron chi connectivity index (χ1n) is 9.56. The normalized spacial score (nSPS) is 10.6. The molecule has 1 heterocycles. The first-order valence-corrected chi connectivity index (χ1v) is 10.0. The van der Waals surface area contributed by atoms with E-state index >= 15 is 0 Å². The SMILES string of the molecule is CN(c1ccccc1S)c1c(-c2c(F)cncc2F)cccc1C(F)(F)F.c1ccccc#1. The topological polar surface area (TPSA) is 16.1 Å². The molecule has 0 saturated heterocycles. The van der Waals surface area contributed by atoms with Crippen molar-refractivity contribution < 1.29 is 22.0 Å². The lowest BCUT2D eigenvalue weighted by Gasteiger charge is -2.27. The number of aromatic nitrogens is 1. The lowest BCUT2D eigenvalue weighted by molar-refractivity contribution is -0.137. The quantitative estimate of drug-likeness (QED) is 0.247. The van der Waals surface area contributed by atoms with Crippen LogP contribution in [0.25, 0.3) is 11.1 Å². The summed E-state index contributed by atoms with van der Waals surface area (Å²) in [5, 5.41) is 0. The summed E-state index contributed by atoms with van der Waals surface area (Å²) in [5.41, 5.74) is -1.85. The van der Waals surface area contributed by atoms with Crippen LogP contribution in [0, 0.1) is 23.8 Å². The number of pyridine rings is 1. The maximum Gasteiger partial charge on any atom is 0.418 e. The number of hydrogen-bond donors (Lipinski definition) is 1. The van der Waals surface area contributed by atoms with E-state index in [1.807, 2.05) is 24.3 Å². The Hall–Kier alpha value is -3.57. The molecule has 0 N–H and O–H groups in total. The van der Waals surface area contributed by atoms with Gasteiger partial charge in [-0.1, -0.05) is 48.5 Å². The number of nitrogens with zero attached hydrogens (tertiary/aromatic N) is 2. The summed E-state index contributed by atoms with van der Waals surface area (Å²) < 4.78 is 69.6. The molecule has 168 valence electrons. The van der Waals surface area contributed by atoms with Gasteiger partial charge < -0.3 is 4.90 Å². The summed E-state index contributed by atoms with van der Waals surface area (Å²) in [7, 11) is 1.39. The molecule has 3 aromatic carbocycles. The minimum Gasteiger partial charge on any atom is -0.343 e. The number of hydrogen-bond acceptors (Lipinski definition) is 3. The molecule has 33 heavy (non-hydrogen) atoms. The Labute approximate surface area is 193 Å². The maximum absolute atomic E-state index is 14.3. The van der Waals surface area contributed by atoms with Crippen LogP contribution in [0.4, 0.5) is 33.3 Å². The molecule has 4 aromatic rings. The third-order valence-corrected chi connectivity index (χ3v) is 4.97. The van der Waals surface area contributed by atoms with Crippen molar-refractivity contribution in [3.05, 3.63) is 108 Å². The number of para-hydroxylation sites is 2. The van der Waals surface area contributed by atoms with Crippen LogP contribution < -0.4 is 4.90 Å². The molecule has 4 rings (SSSR count). The van der Waals surface area contributed by atoms with Crippen molar-refractivity contribution >= 4 is 24.0 Å². The second-order valence-electron chi connectivity index (χ2n) is 6.73. The van der Waals surface area contributed by atoms with E-state index in [1.54, 1.807) is 24.3 Å². The van der Waals surface area contributed by atoms with Crippen LogP contribution in [-0.4, -0.2) is 12.0 Å². The van der Waals surface area contributed by atoms with Gasteiger partial charge in [-0.25, -0.2) is 8.78 Å². The third-order valence-electron chi connectivity index (χ3n) is 4.60. The van der Waals surface area contributed by atoms with Crippen LogP contribution in [0.15, 0.2) is 84.0 Å². The van der Waals surface area contributed by atoms with E-state index in [-0.39, 0.29) is 11.3 Å². The molecule has 0 saturated carbocycles. The number of anilines is 2. The van der Waals surface area contributed by atoms with E-state index in [0.29, 0.717) is 10.6 Å². The molecule has 0 aliphatic rings. The van der Waals surface area contributed by atoms with Crippen molar-refractivity contribution in [2.75, 3.05) is 11.9 Å². The highest BCUT2D eigenvalue weighted by atomic mass is 32.1. The standard InChI is InChI=1S/C19H13F5N2S.C6H4/c1-26(15-7-2-3-8-16(15)27)18-11(5-4-6-12(18)19(22,23)24)17-13(20)9-25-10-14(17)21;1-2-4-6-5-3-1/h2-10,27H,1H3;1-4H. The predicted molar refractivity (Wildman–Crippen MR) is 120 cm³/mol. The van der Waals surface area contributed by atoms with Crippen LogP contribution in [0.1, 0.15) is 5.56 Å². The minimum absolute atomic E-state index is 0.235. The molecule has 0 atom stereocenters. The van der Waals surface area contributed by atoms with Gasteiger partial charge in [0.25, 0.3) is 0 Å². The van der Waals surface area contributed by atoms with E-state index < -0.39 is 28.9 Å². The van der Waals surface area contributed by atoms with E-state index in [9.17, 15) is 22.0 Å². The smallest absolute Gasteiger partial charge is 0.343 e. The van der Waals surface area contributed by atoms with Gasteiger partial charge in [0.2, 0.25) is 0 Å². The van der Waals surface area contributed by atoms with Gasteiger partial charge >= 0.3 is 6.18 Å². The Morgan fingerprint density at radius 2 is 1.45 bits per heavy atom. The van der Waals surface area contributed by atoms with E-state index in [2.05, 4.69) is 29.7 Å². The number of thiol groups is 1. The highest BCUT2D eigenvalue weighted by molar-refractivity contribution is 7.80. The van der Waals surface area contributed by atoms with Crippen molar-refractivity contribution in [1.82, 2.24) is 4.98 Å². The number of halogens is 5. The van der Waals surface area contributed by atoms with Gasteiger partial charge in [0, 0.05) is 17.5 Å². The van der Waals surface area contributed by atoms with Crippen LogP contribution in [0.5, 0.6) is 0 Å². The van der Waals surface area contributed by atoms with E-state index in [1.165, 1.54) is 18.0 Å². The Morgan fingerprint density at radius 1 is 0.848 bits per heavy atom. The monoisotopic (exact) mass is 472 g/mol.